The van der Waals surface area contributed by atoms with Gasteiger partial charge >= 0.3 is 0 Å². The van der Waals surface area contributed by atoms with Gasteiger partial charge in [-0.3, -0.25) is 0 Å². The molecule has 2 heteroatoms. The van der Waals surface area contributed by atoms with Gasteiger partial charge in [0.2, 0.25) is 0 Å². The molecule has 0 radical (unpaired) electrons. The molecule has 3 rings (SSSR count). The van der Waals surface area contributed by atoms with Gasteiger partial charge in [0.05, 0.1) is 0 Å². The Morgan fingerprint density at radius 2 is 2.00 bits per heavy atom. The Morgan fingerprint density at radius 3 is 2.81 bits per heavy atom. The molecule has 1 atom stereocenters. The topological polar surface area (TPSA) is 18.5 Å². The van der Waals surface area contributed by atoms with Crippen LogP contribution in [0.1, 0.15) is 30.4 Å². The van der Waals surface area contributed by atoms with Crippen LogP contribution in [0.3, 0.4) is 0 Å². The molecule has 0 spiro atoms. The average molecular weight is 280 g/mol. The molecule has 0 saturated carbocycles. The van der Waals surface area contributed by atoms with Gasteiger partial charge in [0.25, 0.3) is 0 Å². The fourth-order valence-corrected chi connectivity index (χ4v) is 2.67. The van der Waals surface area contributed by atoms with Crippen molar-refractivity contribution in [2.24, 2.45) is 0 Å². The maximum atomic E-state index is 5.64. The van der Waals surface area contributed by atoms with Crippen molar-refractivity contribution < 1.29 is 9.47 Å². The summed E-state index contributed by atoms with van der Waals surface area (Å²) in [7, 11) is 0. The number of ether oxygens (including phenoxy) is 2. The third-order valence-corrected chi connectivity index (χ3v) is 3.84. The Hall–Kier alpha value is -1.82. The number of hydrogen-bond acceptors (Lipinski definition) is 2. The van der Waals surface area contributed by atoms with Crippen molar-refractivity contribution >= 4 is 10.8 Å². The molecule has 1 unspecified atom stereocenters. The molecule has 1 saturated heterocycles. The summed E-state index contributed by atoms with van der Waals surface area (Å²) in [6.07, 6.45) is 3.24. The first kappa shape index (κ1) is 14.1. The second-order valence-electron chi connectivity index (χ2n) is 5.38. The van der Waals surface area contributed by atoms with E-state index in [1.807, 2.05) is 0 Å². The van der Waals surface area contributed by atoms with E-state index in [1.165, 1.54) is 22.8 Å². The van der Waals surface area contributed by atoms with E-state index in [0.29, 0.717) is 6.61 Å². The molecule has 0 aliphatic carbocycles. The summed E-state index contributed by atoms with van der Waals surface area (Å²) in [4.78, 5) is 0. The van der Waals surface area contributed by atoms with Gasteiger partial charge in [-0.1, -0.05) is 42.2 Å². The van der Waals surface area contributed by atoms with Crippen LogP contribution in [0.2, 0.25) is 0 Å². The van der Waals surface area contributed by atoms with Crippen LogP contribution < -0.4 is 0 Å². The molecular formula is C19H20O2. The maximum absolute atomic E-state index is 5.64. The van der Waals surface area contributed by atoms with Gasteiger partial charge in [0.15, 0.2) is 6.29 Å². The summed E-state index contributed by atoms with van der Waals surface area (Å²) < 4.78 is 11.2. The average Bonchev–Trinajstić information content (AvgIpc) is 2.55. The monoisotopic (exact) mass is 280 g/mol. The van der Waals surface area contributed by atoms with Crippen molar-refractivity contribution in [1.82, 2.24) is 0 Å². The second-order valence-corrected chi connectivity index (χ2v) is 5.38. The number of aryl methyl sites for hydroxylation is 1. The lowest BCUT2D eigenvalue weighted by atomic mass is 10.0. The van der Waals surface area contributed by atoms with E-state index in [0.717, 1.165) is 25.0 Å². The van der Waals surface area contributed by atoms with E-state index in [-0.39, 0.29) is 6.29 Å². The SMILES string of the molecule is Cc1ccc(C#CCOC2CCCCO2)c2ccccc12. The van der Waals surface area contributed by atoms with Gasteiger partial charge in [0.1, 0.15) is 6.61 Å². The lowest BCUT2D eigenvalue weighted by Crippen LogP contribution is -2.22. The number of rotatable bonds is 2. The predicted octanol–water partition coefficient (Wildman–Crippen LogP) is 4.04. The van der Waals surface area contributed by atoms with Gasteiger partial charge in [-0.05, 0) is 48.6 Å². The Labute approximate surface area is 126 Å². The quantitative estimate of drug-likeness (QED) is 0.773. The summed E-state index contributed by atoms with van der Waals surface area (Å²) in [6, 6.07) is 12.6. The van der Waals surface area contributed by atoms with Crippen molar-refractivity contribution in [2.75, 3.05) is 13.2 Å². The zero-order valence-electron chi connectivity index (χ0n) is 12.4. The van der Waals surface area contributed by atoms with Crippen LogP contribution in [0.15, 0.2) is 36.4 Å². The summed E-state index contributed by atoms with van der Waals surface area (Å²) >= 11 is 0. The molecule has 2 nitrogen and oxygen atoms in total. The van der Waals surface area contributed by atoms with Crippen LogP contribution in [0, 0.1) is 18.8 Å². The van der Waals surface area contributed by atoms with Crippen molar-refractivity contribution in [2.45, 2.75) is 32.5 Å². The molecule has 108 valence electrons. The van der Waals surface area contributed by atoms with E-state index in [1.54, 1.807) is 0 Å². The highest BCUT2D eigenvalue weighted by atomic mass is 16.7. The third kappa shape index (κ3) is 3.44. The number of fused-ring (bicyclic) bond motifs is 1. The van der Waals surface area contributed by atoms with E-state index in [9.17, 15) is 0 Å². The number of hydrogen-bond donors (Lipinski definition) is 0. The number of benzene rings is 2. The van der Waals surface area contributed by atoms with Gasteiger partial charge in [-0.25, -0.2) is 0 Å². The summed E-state index contributed by atoms with van der Waals surface area (Å²) in [6.45, 7) is 3.36. The standard InChI is InChI=1S/C19H20O2/c1-15-11-12-16(18-9-3-2-8-17(15)18)7-6-14-21-19-10-4-5-13-20-19/h2-3,8-9,11-12,19H,4-5,10,13-14H2,1H3. The second kappa shape index (κ2) is 6.76. The van der Waals surface area contributed by atoms with Crippen LogP contribution in [0.25, 0.3) is 10.8 Å². The Balaban J connectivity index is 1.71. The third-order valence-electron chi connectivity index (χ3n) is 3.84. The first-order valence-electron chi connectivity index (χ1n) is 7.55. The Bertz CT molecular complexity index is 673. The summed E-state index contributed by atoms with van der Waals surface area (Å²) in [5.74, 6) is 6.33. The molecule has 1 aliphatic heterocycles. The molecule has 0 N–H and O–H groups in total. The summed E-state index contributed by atoms with van der Waals surface area (Å²) in [5, 5.41) is 2.47. The highest BCUT2D eigenvalue weighted by Gasteiger charge is 2.12. The van der Waals surface area contributed by atoms with Crippen molar-refractivity contribution in [1.29, 1.82) is 0 Å². The molecule has 0 bridgehead atoms. The van der Waals surface area contributed by atoms with Gasteiger partial charge in [-0.15, -0.1) is 0 Å². The van der Waals surface area contributed by atoms with E-state index >= 15 is 0 Å². The molecule has 1 heterocycles. The lowest BCUT2D eigenvalue weighted by molar-refractivity contribution is -0.154. The fraction of sp³-hybridized carbons (Fsp3) is 0.368. The van der Waals surface area contributed by atoms with Crippen molar-refractivity contribution in [3.05, 3.63) is 47.5 Å². The normalized spacial score (nSPS) is 18.2. The zero-order chi connectivity index (χ0) is 14.5. The van der Waals surface area contributed by atoms with Crippen molar-refractivity contribution in [3.8, 4) is 11.8 Å². The van der Waals surface area contributed by atoms with Crippen LogP contribution in [0.4, 0.5) is 0 Å². The van der Waals surface area contributed by atoms with E-state index in [4.69, 9.17) is 9.47 Å². The highest BCUT2D eigenvalue weighted by molar-refractivity contribution is 5.90. The molecule has 1 fully saturated rings. The Kier molecular flexibility index (Phi) is 4.55. The van der Waals surface area contributed by atoms with E-state index in [2.05, 4.69) is 55.2 Å². The van der Waals surface area contributed by atoms with E-state index < -0.39 is 0 Å². The molecule has 0 amide bonds. The zero-order valence-corrected chi connectivity index (χ0v) is 12.4. The van der Waals surface area contributed by atoms with Crippen LogP contribution in [-0.4, -0.2) is 19.5 Å². The molecule has 1 aliphatic rings. The highest BCUT2D eigenvalue weighted by Crippen LogP contribution is 2.21. The van der Waals surface area contributed by atoms with Crippen molar-refractivity contribution in [3.63, 3.8) is 0 Å². The smallest absolute Gasteiger partial charge is 0.158 e. The molecule has 2 aromatic carbocycles. The fourth-order valence-electron chi connectivity index (χ4n) is 2.67. The first-order valence-corrected chi connectivity index (χ1v) is 7.55. The Morgan fingerprint density at radius 1 is 1.14 bits per heavy atom. The summed E-state index contributed by atoms with van der Waals surface area (Å²) in [5.41, 5.74) is 2.34. The minimum absolute atomic E-state index is 0.0668. The van der Waals surface area contributed by atoms with Crippen LogP contribution in [-0.2, 0) is 9.47 Å². The lowest BCUT2D eigenvalue weighted by Gasteiger charge is -2.21. The molecule has 0 aromatic heterocycles. The predicted molar refractivity (Wildman–Crippen MR) is 85.1 cm³/mol. The van der Waals surface area contributed by atoms with Crippen LogP contribution in [0.5, 0.6) is 0 Å². The largest absolute Gasteiger partial charge is 0.353 e. The van der Waals surface area contributed by atoms with Gasteiger partial charge < -0.3 is 9.47 Å². The molecule has 21 heavy (non-hydrogen) atoms. The maximum Gasteiger partial charge on any atom is 0.158 e. The minimum atomic E-state index is -0.0668. The molecular weight excluding hydrogens is 260 g/mol. The minimum Gasteiger partial charge on any atom is -0.353 e. The van der Waals surface area contributed by atoms with Gasteiger partial charge in [0, 0.05) is 12.2 Å². The van der Waals surface area contributed by atoms with Crippen LogP contribution >= 0.6 is 0 Å². The van der Waals surface area contributed by atoms with Gasteiger partial charge in [-0.2, -0.15) is 0 Å². The molecule has 2 aromatic rings. The first-order chi connectivity index (χ1) is 10.3.